The second-order valence-corrected chi connectivity index (χ2v) is 3.65. The van der Waals surface area contributed by atoms with Crippen molar-refractivity contribution < 1.29 is 9.13 Å². The number of rotatable bonds is 4. The van der Waals surface area contributed by atoms with Gasteiger partial charge in [-0.05, 0) is 12.1 Å². The van der Waals surface area contributed by atoms with E-state index in [4.69, 9.17) is 4.74 Å². The third-order valence-electron chi connectivity index (χ3n) is 2.52. The van der Waals surface area contributed by atoms with Gasteiger partial charge in [0.05, 0.1) is 19.3 Å². The van der Waals surface area contributed by atoms with Crippen LogP contribution in [0.3, 0.4) is 0 Å². The van der Waals surface area contributed by atoms with Crippen LogP contribution in [0.15, 0.2) is 30.6 Å². The lowest BCUT2D eigenvalue weighted by molar-refractivity contribution is 0.415. The van der Waals surface area contributed by atoms with Gasteiger partial charge in [0.1, 0.15) is 17.4 Å². The summed E-state index contributed by atoms with van der Waals surface area (Å²) in [6.45, 7) is 0.517. The van der Waals surface area contributed by atoms with E-state index in [2.05, 4.69) is 10.3 Å². The highest BCUT2D eigenvalue weighted by atomic mass is 19.1. The molecule has 0 amide bonds. The van der Waals surface area contributed by atoms with Crippen LogP contribution in [0.4, 0.5) is 10.1 Å². The number of anilines is 1. The van der Waals surface area contributed by atoms with Crippen molar-refractivity contribution in [2.24, 2.45) is 7.05 Å². The molecule has 0 saturated carbocycles. The van der Waals surface area contributed by atoms with Gasteiger partial charge in [-0.3, -0.25) is 0 Å². The van der Waals surface area contributed by atoms with E-state index in [1.54, 1.807) is 19.4 Å². The summed E-state index contributed by atoms with van der Waals surface area (Å²) in [5, 5.41) is 3.10. The monoisotopic (exact) mass is 235 g/mol. The molecule has 0 radical (unpaired) electrons. The Labute approximate surface area is 99.1 Å². The molecule has 90 valence electrons. The first-order valence-corrected chi connectivity index (χ1v) is 5.24. The van der Waals surface area contributed by atoms with Gasteiger partial charge in [0.15, 0.2) is 0 Å². The zero-order chi connectivity index (χ0) is 12.3. The molecule has 5 heteroatoms. The Morgan fingerprint density at radius 3 is 2.94 bits per heavy atom. The van der Waals surface area contributed by atoms with Crippen LogP contribution in [-0.4, -0.2) is 16.7 Å². The van der Waals surface area contributed by atoms with Gasteiger partial charge in [0, 0.05) is 25.5 Å². The number of hydrogen-bond donors (Lipinski definition) is 1. The topological polar surface area (TPSA) is 39.1 Å². The third kappa shape index (κ3) is 2.55. The molecule has 0 atom stereocenters. The molecular formula is C12H14FN3O. The zero-order valence-corrected chi connectivity index (χ0v) is 9.77. The zero-order valence-electron chi connectivity index (χ0n) is 9.77. The Morgan fingerprint density at radius 2 is 2.29 bits per heavy atom. The van der Waals surface area contributed by atoms with Crippen molar-refractivity contribution in [1.82, 2.24) is 9.55 Å². The van der Waals surface area contributed by atoms with Crippen LogP contribution in [0.25, 0.3) is 0 Å². The van der Waals surface area contributed by atoms with E-state index in [-0.39, 0.29) is 5.82 Å². The number of hydrogen-bond acceptors (Lipinski definition) is 3. The van der Waals surface area contributed by atoms with Gasteiger partial charge in [-0.1, -0.05) is 0 Å². The van der Waals surface area contributed by atoms with Crippen molar-refractivity contribution in [2.75, 3.05) is 12.4 Å². The van der Waals surface area contributed by atoms with E-state index in [9.17, 15) is 4.39 Å². The lowest BCUT2D eigenvalue weighted by atomic mass is 10.3. The fourth-order valence-corrected chi connectivity index (χ4v) is 1.56. The second kappa shape index (κ2) is 4.86. The SMILES string of the molecule is COc1ccc(F)cc1NCc1nccn1C. The van der Waals surface area contributed by atoms with Crippen molar-refractivity contribution in [3.63, 3.8) is 0 Å². The Hall–Kier alpha value is -2.04. The van der Waals surface area contributed by atoms with Gasteiger partial charge in [-0.2, -0.15) is 0 Å². The number of halogens is 1. The molecule has 0 spiro atoms. The lowest BCUT2D eigenvalue weighted by Gasteiger charge is -2.11. The molecule has 0 saturated heterocycles. The minimum atomic E-state index is -0.298. The predicted octanol–water partition coefficient (Wildman–Crippen LogP) is 2.18. The first-order chi connectivity index (χ1) is 8.20. The number of nitrogens with zero attached hydrogens (tertiary/aromatic N) is 2. The maximum atomic E-state index is 13.1. The van der Waals surface area contributed by atoms with Crippen LogP contribution in [0.5, 0.6) is 5.75 Å². The van der Waals surface area contributed by atoms with Crippen molar-refractivity contribution in [3.05, 3.63) is 42.2 Å². The number of aryl methyl sites for hydroxylation is 1. The average molecular weight is 235 g/mol. The number of aromatic nitrogens is 2. The number of imidazole rings is 1. The molecule has 0 aliphatic heterocycles. The van der Waals surface area contributed by atoms with E-state index in [1.807, 2.05) is 17.8 Å². The fraction of sp³-hybridized carbons (Fsp3) is 0.250. The molecule has 0 fully saturated rings. The lowest BCUT2D eigenvalue weighted by Crippen LogP contribution is -2.06. The minimum Gasteiger partial charge on any atom is -0.495 e. The van der Waals surface area contributed by atoms with Gasteiger partial charge < -0.3 is 14.6 Å². The molecule has 4 nitrogen and oxygen atoms in total. The molecule has 0 bridgehead atoms. The van der Waals surface area contributed by atoms with Gasteiger partial charge in [-0.15, -0.1) is 0 Å². The van der Waals surface area contributed by atoms with E-state index in [1.165, 1.54) is 12.1 Å². The van der Waals surface area contributed by atoms with E-state index >= 15 is 0 Å². The van der Waals surface area contributed by atoms with E-state index in [0.717, 1.165) is 5.82 Å². The number of ether oxygens (including phenoxy) is 1. The highest BCUT2D eigenvalue weighted by Gasteiger charge is 2.05. The molecule has 0 unspecified atom stereocenters. The third-order valence-corrected chi connectivity index (χ3v) is 2.52. The van der Waals surface area contributed by atoms with Crippen molar-refractivity contribution >= 4 is 5.69 Å². The molecule has 0 aliphatic rings. The average Bonchev–Trinajstić information content (AvgIpc) is 2.72. The summed E-state index contributed by atoms with van der Waals surface area (Å²) in [7, 11) is 3.46. The van der Waals surface area contributed by atoms with Crippen LogP contribution in [0.1, 0.15) is 5.82 Å². The largest absolute Gasteiger partial charge is 0.495 e. The quantitative estimate of drug-likeness (QED) is 0.882. The Balaban J connectivity index is 2.13. The Bertz CT molecular complexity index is 510. The standard InChI is InChI=1S/C12H14FN3O/c1-16-6-5-14-12(16)8-15-10-7-9(13)3-4-11(10)17-2/h3-7,15H,8H2,1-2H3. The number of benzene rings is 1. The summed E-state index contributed by atoms with van der Waals surface area (Å²) < 4.78 is 20.2. The molecule has 1 N–H and O–H groups in total. The van der Waals surface area contributed by atoms with Crippen molar-refractivity contribution in [2.45, 2.75) is 6.54 Å². The van der Waals surface area contributed by atoms with Crippen LogP contribution in [-0.2, 0) is 13.6 Å². The summed E-state index contributed by atoms with van der Waals surface area (Å²) in [6.07, 6.45) is 3.58. The van der Waals surface area contributed by atoms with Gasteiger partial charge in [0.2, 0.25) is 0 Å². The smallest absolute Gasteiger partial charge is 0.142 e. The number of methoxy groups -OCH3 is 1. The van der Waals surface area contributed by atoms with Gasteiger partial charge in [0.25, 0.3) is 0 Å². The van der Waals surface area contributed by atoms with Crippen molar-refractivity contribution in [3.8, 4) is 5.75 Å². The highest BCUT2D eigenvalue weighted by molar-refractivity contribution is 5.56. The van der Waals surface area contributed by atoms with Crippen LogP contribution in [0.2, 0.25) is 0 Å². The Morgan fingerprint density at radius 1 is 1.47 bits per heavy atom. The van der Waals surface area contributed by atoms with Crippen LogP contribution in [0, 0.1) is 5.82 Å². The van der Waals surface area contributed by atoms with Crippen LogP contribution < -0.4 is 10.1 Å². The Kier molecular flexibility index (Phi) is 3.27. The molecular weight excluding hydrogens is 221 g/mol. The normalized spacial score (nSPS) is 10.3. The van der Waals surface area contributed by atoms with E-state index < -0.39 is 0 Å². The summed E-state index contributed by atoms with van der Waals surface area (Å²) >= 11 is 0. The molecule has 1 heterocycles. The summed E-state index contributed by atoms with van der Waals surface area (Å²) in [6, 6.07) is 4.36. The molecule has 17 heavy (non-hydrogen) atoms. The number of nitrogens with one attached hydrogen (secondary N) is 1. The predicted molar refractivity (Wildman–Crippen MR) is 63.5 cm³/mol. The van der Waals surface area contributed by atoms with Crippen molar-refractivity contribution in [1.29, 1.82) is 0 Å². The molecule has 2 rings (SSSR count). The fourth-order valence-electron chi connectivity index (χ4n) is 1.56. The maximum Gasteiger partial charge on any atom is 0.142 e. The second-order valence-electron chi connectivity index (χ2n) is 3.65. The van der Waals surface area contributed by atoms with Crippen LogP contribution >= 0.6 is 0 Å². The first kappa shape index (κ1) is 11.4. The highest BCUT2D eigenvalue weighted by Crippen LogP contribution is 2.25. The molecule has 0 aliphatic carbocycles. The summed E-state index contributed by atoms with van der Waals surface area (Å²) in [4.78, 5) is 4.17. The first-order valence-electron chi connectivity index (χ1n) is 5.24. The van der Waals surface area contributed by atoms with Gasteiger partial charge in [-0.25, -0.2) is 9.37 Å². The van der Waals surface area contributed by atoms with Gasteiger partial charge >= 0.3 is 0 Å². The maximum absolute atomic E-state index is 13.1. The molecule has 1 aromatic heterocycles. The summed E-state index contributed by atoms with van der Waals surface area (Å²) in [5.74, 6) is 1.19. The minimum absolute atomic E-state index is 0.298. The van der Waals surface area contributed by atoms with E-state index in [0.29, 0.717) is 18.0 Å². The molecule has 1 aromatic carbocycles. The summed E-state index contributed by atoms with van der Waals surface area (Å²) in [5.41, 5.74) is 0.621. The molecule has 2 aromatic rings.